The summed E-state index contributed by atoms with van der Waals surface area (Å²) in [5.74, 6) is 1.49. The van der Waals surface area contributed by atoms with Gasteiger partial charge in [-0.25, -0.2) is 0 Å². The van der Waals surface area contributed by atoms with Gasteiger partial charge in [0, 0.05) is 18.6 Å². The van der Waals surface area contributed by atoms with Crippen LogP contribution in [0, 0.1) is 11.8 Å². The summed E-state index contributed by atoms with van der Waals surface area (Å²) < 4.78 is 0. The molecule has 2 nitrogen and oxygen atoms in total. The van der Waals surface area contributed by atoms with Crippen molar-refractivity contribution in [2.45, 2.75) is 46.2 Å². The molecule has 1 rings (SSSR count). The molecule has 0 radical (unpaired) electrons. The van der Waals surface area contributed by atoms with Crippen LogP contribution < -0.4 is 5.73 Å². The molecule has 2 heteroatoms. The van der Waals surface area contributed by atoms with Gasteiger partial charge in [0.05, 0.1) is 0 Å². The summed E-state index contributed by atoms with van der Waals surface area (Å²) >= 11 is 0. The maximum Gasteiger partial charge on any atom is 0.0125 e. The Morgan fingerprint density at radius 2 is 1.92 bits per heavy atom. The molecule has 0 spiro atoms. The summed E-state index contributed by atoms with van der Waals surface area (Å²) in [4.78, 5) is 2.61. The van der Waals surface area contributed by atoms with Crippen molar-refractivity contribution in [1.29, 1.82) is 0 Å². The van der Waals surface area contributed by atoms with Gasteiger partial charge in [0.15, 0.2) is 0 Å². The molecule has 1 aliphatic heterocycles. The molecule has 1 fully saturated rings. The monoisotopic (exact) mass is 184 g/mol. The summed E-state index contributed by atoms with van der Waals surface area (Å²) in [5.41, 5.74) is 5.73. The normalized spacial score (nSPS) is 30.7. The highest BCUT2D eigenvalue weighted by molar-refractivity contribution is 4.88. The van der Waals surface area contributed by atoms with Gasteiger partial charge in [-0.2, -0.15) is 0 Å². The quantitative estimate of drug-likeness (QED) is 0.723. The first-order valence-electron chi connectivity index (χ1n) is 5.52. The number of hydrogen-bond acceptors (Lipinski definition) is 2. The average Bonchev–Trinajstić information content (AvgIpc) is 2.47. The van der Waals surface area contributed by atoms with Crippen molar-refractivity contribution in [3.05, 3.63) is 0 Å². The van der Waals surface area contributed by atoms with Crippen molar-refractivity contribution in [3.63, 3.8) is 0 Å². The van der Waals surface area contributed by atoms with Crippen molar-refractivity contribution in [3.8, 4) is 0 Å². The highest BCUT2D eigenvalue weighted by atomic mass is 15.2. The number of rotatable bonds is 3. The Morgan fingerprint density at radius 3 is 2.23 bits per heavy atom. The molecule has 0 bridgehead atoms. The Labute approximate surface area is 82.5 Å². The van der Waals surface area contributed by atoms with Crippen LogP contribution in [0.5, 0.6) is 0 Å². The van der Waals surface area contributed by atoms with Gasteiger partial charge in [-0.1, -0.05) is 13.8 Å². The van der Waals surface area contributed by atoms with Crippen molar-refractivity contribution in [2.24, 2.45) is 17.6 Å². The lowest BCUT2D eigenvalue weighted by Gasteiger charge is -2.30. The van der Waals surface area contributed by atoms with E-state index in [2.05, 4.69) is 32.6 Å². The number of hydrogen-bond donors (Lipinski definition) is 1. The lowest BCUT2D eigenvalue weighted by molar-refractivity contribution is 0.164. The Bertz CT molecular complexity index is 138. The van der Waals surface area contributed by atoms with E-state index >= 15 is 0 Å². The summed E-state index contributed by atoms with van der Waals surface area (Å²) in [6.07, 6.45) is 1.30. The molecule has 0 saturated carbocycles. The van der Waals surface area contributed by atoms with E-state index in [-0.39, 0.29) is 0 Å². The van der Waals surface area contributed by atoms with Crippen molar-refractivity contribution >= 4 is 0 Å². The molecular weight excluding hydrogens is 160 g/mol. The average molecular weight is 184 g/mol. The first kappa shape index (κ1) is 11.0. The van der Waals surface area contributed by atoms with Crippen molar-refractivity contribution in [1.82, 2.24) is 4.90 Å². The first-order chi connectivity index (χ1) is 6.06. The van der Waals surface area contributed by atoms with E-state index in [1.807, 2.05) is 0 Å². The van der Waals surface area contributed by atoms with Gasteiger partial charge < -0.3 is 5.73 Å². The maximum absolute atomic E-state index is 5.73. The highest BCUT2D eigenvalue weighted by Crippen LogP contribution is 2.29. The molecule has 1 heterocycles. The SMILES string of the molecule is CC(C)C1CC(CN)CN1C(C)C. The third-order valence-electron chi connectivity index (χ3n) is 3.24. The zero-order valence-electron chi connectivity index (χ0n) is 9.46. The lowest BCUT2D eigenvalue weighted by Crippen LogP contribution is -2.38. The summed E-state index contributed by atoms with van der Waals surface area (Å²) in [6, 6.07) is 1.43. The first-order valence-corrected chi connectivity index (χ1v) is 5.52. The van der Waals surface area contributed by atoms with E-state index in [0.717, 1.165) is 24.4 Å². The third kappa shape index (κ3) is 2.44. The lowest BCUT2D eigenvalue weighted by atomic mass is 9.97. The number of likely N-dealkylation sites (tertiary alicyclic amines) is 1. The molecule has 1 aliphatic rings. The van der Waals surface area contributed by atoms with Crippen LogP contribution in [0.4, 0.5) is 0 Å². The Kier molecular flexibility index (Phi) is 3.74. The zero-order valence-corrected chi connectivity index (χ0v) is 9.46. The summed E-state index contributed by atoms with van der Waals surface area (Å²) in [5, 5.41) is 0. The maximum atomic E-state index is 5.73. The van der Waals surface area contributed by atoms with Gasteiger partial charge in [0.1, 0.15) is 0 Å². The summed E-state index contributed by atoms with van der Waals surface area (Å²) in [7, 11) is 0. The van der Waals surface area contributed by atoms with Crippen LogP contribution in [0.15, 0.2) is 0 Å². The molecule has 13 heavy (non-hydrogen) atoms. The number of nitrogens with two attached hydrogens (primary N) is 1. The Balaban J connectivity index is 2.60. The van der Waals surface area contributed by atoms with Gasteiger partial charge in [0.2, 0.25) is 0 Å². The van der Waals surface area contributed by atoms with Crippen LogP contribution in [-0.4, -0.2) is 30.1 Å². The standard InChI is InChI=1S/C11H24N2/c1-8(2)11-5-10(6-12)7-13(11)9(3)4/h8-11H,5-7,12H2,1-4H3. The smallest absolute Gasteiger partial charge is 0.0125 e. The van der Waals surface area contributed by atoms with Crippen molar-refractivity contribution < 1.29 is 0 Å². The van der Waals surface area contributed by atoms with Crippen LogP contribution in [-0.2, 0) is 0 Å². The van der Waals surface area contributed by atoms with E-state index in [4.69, 9.17) is 5.73 Å². The highest BCUT2D eigenvalue weighted by Gasteiger charge is 2.34. The number of nitrogens with zero attached hydrogens (tertiary/aromatic N) is 1. The second-order valence-electron chi connectivity index (χ2n) is 4.94. The van der Waals surface area contributed by atoms with E-state index in [9.17, 15) is 0 Å². The van der Waals surface area contributed by atoms with Gasteiger partial charge in [-0.3, -0.25) is 4.90 Å². The minimum Gasteiger partial charge on any atom is -0.330 e. The van der Waals surface area contributed by atoms with Gasteiger partial charge >= 0.3 is 0 Å². The molecule has 78 valence electrons. The van der Waals surface area contributed by atoms with Crippen molar-refractivity contribution in [2.75, 3.05) is 13.1 Å². The fraction of sp³-hybridized carbons (Fsp3) is 1.00. The minimum atomic E-state index is 0.670. The molecule has 1 saturated heterocycles. The van der Waals surface area contributed by atoms with Crippen LogP contribution in [0.3, 0.4) is 0 Å². The van der Waals surface area contributed by atoms with Gasteiger partial charge in [0.25, 0.3) is 0 Å². The predicted octanol–water partition coefficient (Wildman–Crippen LogP) is 1.70. The van der Waals surface area contributed by atoms with Crippen LogP contribution in [0.2, 0.25) is 0 Å². The molecule has 2 atom stereocenters. The van der Waals surface area contributed by atoms with E-state index in [1.54, 1.807) is 0 Å². The van der Waals surface area contributed by atoms with Gasteiger partial charge in [-0.15, -0.1) is 0 Å². The Morgan fingerprint density at radius 1 is 1.31 bits per heavy atom. The molecule has 0 aromatic carbocycles. The second-order valence-corrected chi connectivity index (χ2v) is 4.94. The Hall–Kier alpha value is -0.0800. The van der Waals surface area contributed by atoms with E-state index in [1.165, 1.54) is 13.0 Å². The van der Waals surface area contributed by atoms with Gasteiger partial charge in [-0.05, 0) is 38.6 Å². The molecule has 0 aromatic heterocycles. The summed E-state index contributed by atoms with van der Waals surface area (Å²) in [6.45, 7) is 11.3. The van der Waals surface area contributed by atoms with Crippen LogP contribution in [0.1, 0.15) is 34.1 Å². The van der Waals surface area contributed by atoms with E-state index in [0.29, 0.717) is 6.04 Å². The fourth-order valence-electron chi connectivity index (χ4n) is 2.40. The molecule has 0 aliphatic carbocycles. The topological polar surface area (TPSA) is 29.3 Å². The molecule has 0 amide bonds. The predicted molar refractivity (Wildman–Crippen MR) is 57.6 cm³/mol. The molecule has 2 unspecified atom stereocenters. The largest absolute Gasteiger partial charge is 0.330 e. The van der Waals surface area contributed by atoms with E-state index < -0.39 is 0 Å². The molecule has 0 aromatic rings. The fourth-order valence-corrected chi connectivity index (χ4v) is 2.40. The van der Waals surface area contributed by atoms with Crippen LogP contribution >= 0.6 is 0 Å². The molecular formula is C11H24N2. The third-order valence-corrected chi connectivity index (χ3v) is 3.24. The second kappa shape index (κ2) is 4.43. The zero-order chi connectivity index (χ0) is 10.0. The van der Waals surface area contributed by atoms with Crippen LogP contribution in [0.25, 0.3) is 0 Å². The minimum absolute atomic E-state index is 0.670. The molecule has 2 N–H and O–H groups in total.